The minimum absolute atomic E-state index is 0.100. The highest BCUT2D eigenvalue weighted by atomic mass is 16.5. The molecule has 21 heavy (non-hydrogen) atoms. The van der Waals surface area contributed by atoms with E-state index >= 15 is 0 Å². The Labute approximate surface area is 123 Å². The van der Waals surface area contributed by atoms with Gasteiger partial charge in [0.2, 0.25) is 11.9 Å². The Morgan fingerprint density at radius 3 is 2.52 bits per heavy atom. The number of anilines is 2. The zero-order valence-electron chi connectivity index (χ0n) is 12.2. The molecule has 7 heteroatoms. The normalized spacial score (nSPS) is 10.4. The molecule has 112 valence electrons. The van der Waals surface area contributed by atoms with Gasteiger partial charge >= 0.3 is 6.01 Å². The second-order valence-electron chi connectivity index (χ2n) is 4.32. The minimum Gasteiger partial charge on any atom is -0.424 e. The number of nitrogen functional groups attached to an aromatic ring is 1. The number of ether oxygens (including phenoxy) is 1. The van der Waals surface area contributed by atoms with Gasteiger partial charge in [-0.2, -0.15) is 15.0 Å². The van der Waals surface area contributed by atoms with Gasteiger partial charge in [0, 0.05) is 18.7 Å². The number of aliphatic hydroxyl groups is 1. The lowest BCUT2D eigenvalue weighted by Crippen LogP contribution is -2.25. The van der Waals surface area contributed by atoms with Crippen LogP contribution in [0.25, 0.3) is 0 Å². The number of rotatable bonds is 6. The van der Waals surface area contributed by atoms with Gasteiger partial charge in [0.15, 0.2) is 0 Å². The summed E-state index contributed by atoms with van der Waals surface area (Å²) < 4.78 is 5.63. The van der Waals surface area contributed by atoms with E-state index in [0.29, 0.717) is 17.3 Å². The van der Waals surface area contributed by atoms with E-state index in [9.17, 15) is 5.11 Å². The maximum absolute atomic E-state index is 9.30. The molecule has 0 unspecified atom stereocenters. The van der Waals surface area contributed by atoms with Crippen LogP contribution < -0.4 is 15.4 Å². The van der Waals surface area contributed by atoms with Gasteiger partial charge in [0.1, 0.15) is 5.75 Å². The van der Waals surface area contributed by atoms with Gasteiger partial charge in [-0.25, -0.2) is 0 Å². The molecule has 0 spiro atoms. The quantitative estimate of drug-likeness (QED) is 0.833. The van der Waals surface area contributed by atoms with Crippen molar-refractivity contribution in [2.24, 2.45) is 0 Å². The smallest absolute Gasteiger partial charge is 0.328 e. The van der Waals surface area contributed by atoms with E-state index in [0.717, 1.165) is 13.1 Å². The highest BCUT2D eigenvalue weighted by Gasteiger charge is 2.12. The summed E-state index contributed by atoms with van der Waals surface area (Å²) in [5.41, 5.74) is 6.37. The molecule has 1 aromatic heterocycles. The first-order valence-corrected chi connectivity index (χ1v) is 6.81. The minimum atomic E-state index is -0.125. The molecular formula is C14H19N5O2. The highest BCUT2D eigenvalue weighted by molar-refractivity contribution is 5.38. The van der Waals surface area contributed by atoms with Crippen molar-refractivity contribution in [3.63, 3.8) is 0 Å². The van der Waals surface area contributed by atoms with Crippen LogP contribution in [0, 0.1) is 0 Å². The maximum atomic E-state index is 9.30. The fraction of sp³-hybridized carbons (Fsp3) is 0.357. The SMILES string of the molecule is CCN(CC)c1nc(N)nc(Oc2ccccc2CO)n1. The van der Waals surface area contributed by atoms with E-state index in [4.69, 9.17) is 10.5 Å². The molecule has 3 N–H and O–H groups in total. The molecule has 0 amide bonds. The average Bonchev–Trinajstić information content (AvgIpc) is 2.48. The number of aromatic nitrogens is 3. The van der Waals surface area contributed by atoms with Gasteiger partial charge in [-0.3, -0.25) is 0 Å². The second-order valence-corrected chi connectivity index (χ2v) is 4.32. The molecule has 2 aromatic rings. The van der Waals surface area contributed by atoms with Crippen LogP contribution in [-0.2, 0) is 6.61 Å². The van der Waals surface area contributed by atoms with Gasteiger partial charge in [0.05, 0.1) is 6.61 Å². The van der Waals surface area contributed by atoms with Crippen LogP contribution in [0.3, 0.4) is 0 Å². The number of hydrogen-bond acceptors (Lipinski definition) is 7. The highest BCUT2D eigenvalue weighted by Crippen LogP contribution is 2.24. The molecule has 0 saturated heterocycles. The van der Waals surface area contributed by atoms with Gasteiger partial charge in [-0.05, 0) is 19.9 Å². The van der Waals surface area contributed by atoms with E-state index in [-0.39, 0.29) is 18.6 Å². The molecule has 0 atom stereocenters. The molecule has 0 radical (unpaired) electrons. The molecule has 1 aromatic carbocycles. The Bertz CT molecular complexity index is 602. The van der Waals surface area contributed by atoms with E-state index in [1.807, 2.05) is 30.9 Å². The second kappa shape index (κ2) is 6.85. The van der Waals surface area contributed by atoms with Crippen LogP contribution in [0.5, 0.6) is 11.8 Å². The number of aliphatic hydroxyl groups excluding tert-OH is 1. The Morgan fingerprint density at radius 2 is 1.86 bits per heavy atom. The monoisotopic (exact) mass is 289 g/mol. The number of hydrogen-bond donors (Lipinski definition) is 2. The van der Waals surface area contributed by atoms with Crippen molar-refractivity contribution < 1.29 is 9.84 Å². The molecule has 0 aliphatic heterocycles. The lowest BCUT2D eigenvalue weighted by molar-refractivity contribution is 0.275. The summed E-state index contributed by atoms with van der Waals surface area (Å²) >= 11 is 0. The van der Waals surface area contributed by atoms with Crippen molar-refractivity contribution in [2.75, 3.05) is 23.7 Å². The molecule has 0 fully saturated rings. The van der Waals surface area contributed by atoms with Crippen LogP contribution in [-0.4, -0.2) is 33.1 Å². The topological polar surface area (TPSA) is 97.4 Å². The molecule has 1 heterocycles. The predicted molar refractivity (Wildman–Crippen MR) is 80.2 cm³/mol. The molecule has 0 saturated carbocycles. The van der Waals surface area contributed by atoms with Gasteiger partial charge in [0.25, 0.3) is 0 Å². The summed E-state index contributed by atoms with van der Waals surface area (Å²) in [5.74, 6) is 1.07. The molecular weight excluding hydrogens is 270 g/mol. The Kier molecular flexibility index (Phi) is 4.89. The summed E-state index contributed by atoms with van der Waals surface area (Å²) in [5, 5.41) is 9.30. The van der Waals surface area contributed by atoms with Gasteiger partial charge in [-0.15, -0.1) is 0 Å². The third kappa shape index (κ3) is 3.57. The lowest BCUT2D eigenvalue weighted by Gasteiger charge is -2.18. The summed E-state index contributed by atoms with van der Waals surface area (Å²) in [4.78, 5) is 14.3. The number of benzene rings is 1. The fourth-order valence-corrected chi connectivity index (χ4v) is 1.89. The summed E-state index contributed by atoms with van der Waals surface area (Å²) in [7, 11) is 0. The standard InChI is InChI=1S/C14H19N5O2/c1-3-19(4-2)13-16-12(15)17-14(18-13)21-11-8-6-5-7-10(11)9-20/h5-8,20H,3-4,9H2,1-2H3,(H2,15,16,17,18). The van der Waals surface area contributed by atoms with Crippen molar-refractivity contribution in [1.82, 2.24) is 15.0 Å². The van der Waals surface area contributed by atoms with Crippen molar-refractivity contribution in [2.45, 2.75) is 20.5 Å². The first-order chi connectivity index (χ1) is 10.2. The Hall–Kier alpha value is -2.41. The van der Waals surface area contributed by atoms with Crippen LogP contribution in [0.4, 0.5) is 11.9 Å². The zero-order chi connectivity index (χ0) is 15.2. The van der Waals surface area contributed by atoms with Crippen molar-refractivity contribution in [3.05, 3.63) is 29.8 Å². The van der Waals surface area contributed by atoms with Gasteiger partial charge < -0.3 is 20.5 Å². The molecule has 2 rings (SSSR count). The summed E-state index contributed by atoms with van der Waals surface area (Å²) in [6, 6.07) is 7.25. The largest absolute Gasteiger partial charge is 0.424 e. The molecule has 7 nitrogen and oxygen atoms in total. The van der Waals surface area contributed by atoms with E-state index < -0.39 is 0 Å². The van der Waals surface area contributed by atoms with Crippen molar-refractivity contribution in [1.29, 1.82) is 0 Å². The maximum Gasteiger partial charge on any atom is 0.328 e. The third-order valence-electron chi connectivity index (χ3n) is 3.01. The Morgan fingerprint density at radius 1 is 1.14 bits per heavy atom. The molecule has 0 aliphatic rings. The van der Waals surface area contributed by atoms with Crippen LogP contribution in [0.1, 0.15) is 19.4 Å². The Balaban J connectivity index is 2.32. The summed E-state index contributed by atoms with van der Waals surface area (Å²) in [6.07, 6.45) is 0. The fourth-order valence-electron chi connectivity index (χ4n) is 1.89. The van der Waals surface area contributed by atoms with E-state index in [1.165, 1.54) is 0 Å². The summed E-state index contributed by atoms with van der Waals surface area (Å²) in [6.45, 7) is 5.40. The van der Waals surface area contributed by atoms with Crippen molar-refractivity contribution in [3.8, 4) is 11.8 Å². The van der Waals surface area contributed by atoms with Gasteiger partial charge in [-0.1, -0.05) is 18.2 Å². The van der Waals surface area contributed by atoms with Crippen molar-refractivity contribution >= 4 is 11.9 Å². The third-order valence-corrected chi connectivity index (χ3v) is 3.01. The van der Waals surface area contributed by atoms with E-state index in [1.54, 1.807) is 12.1 Å². The van der Waals surface area contributed by atoms with Crippen LogP contribution >= 0.6 is 0 Å². The van der Waals surface area contributed by atoms with Crippen LogP contribution in [0.2, 0.25) is 0 Å². The lowest BCUT2D eigenvalue weighted by atomic mass is 10.2. The predicted octanol–water partition coefficient (Wildman–Crippen LogP) is 1.58. The van der Waals surface area contributed by atoms with E-state index in [2.05, 4.69) is 15.0 Å². The first-order valence-electron chi connectivity index (χ1n) is 6.81. The first kappa shape index (κ1) is 15.0. The number of nitrogens with two attached hydrogens (primary N) is 1. The molecule has 0 bridgehead atoms. The van der Waals surface area contributed by atoms with Crippen LogP contribution in [0.15, 0.2) is 24.3 Å². The number of para-hydroxylation sites is 1. The average molecular weight is 289 g/mol. The zero-order valence-corrected chi connectivity index (χ0v) is 12.2. The number of nitrogens with zero attached hydrogens (tertiary/aromatic N) is 4. The molecule has 0 aliphatic carbocycles.